The van der Waals surface area contributed by atoms with E-state index in [1.165, 1.54) is 0 Å². The molecule has 6 nitrogen and oxygen atoms in total. The van der Waals surface area contributed by atoms with Crippen molar-refractivity contribution >= 4 is 23.3 Å². The lowest BCUT2D eigenvalue weighted by molar-refractivity contribution is 0.0746. The highest BCUT2D eigenvalue weighted by Gasteiger charge is 2.24. The Morgan fingerprint density at radius 1 is 0.889 bits per heavy atom. The Balaban J connectivity index is 1.41. The average molecular weight is 380 g/mol. The number of piperazine rings is 1. The SMILES string of the molecule is O=C(c1cccnc1Cl)N1CCN(c2ccc(-c3ccccc3)nn2)CC1. The lowest BCUT2D eigenvalue weighted by Crippen LogP contribution is -2.49. The van der Waals surface area contributed by atoms with E-state index in [4.69, 9.17) is 11.6 Å². The van der Waals surface area contributed by atoms with E-state index in [-0.39, 0.29) is 11.1 Å². The number of carbonyl (C=O) groups excluding carboxylic acids is 1. The molecule has 4 rings (SSSR count). The number of halogens is 1. The molecule has 0 spiro atoms. The van der Waals surface area contributed by atoms with Gasteiger partial charge in [0.2, 0.25) is 0 Å². The maximum Gasteiger partial charge on any atom is 0.257 e. The van der Waals surface area contributed by atoms with Crippen molar-refractivity contribution < 1.29 is 4.79 Å². The van der Waals surface area contributed by atoms with Gasteiger partial charge in [0.15, 0.2) is 5.82 Å². The summed E-state index contributed by atoms with van der Waals surface area (Å²) in [6.07, 6.45) is 1.58. The minimum Gasteiger partial charge on any atom is -0.352 e. The van der Waals surface area contributed by atoms with Gasteiger partial charge in [-0.25, -0.2) is 4.98 Å². The summed E-state index contributed by atoms with van der Waals surface area (Å²) in [5.41, 5.74) is 2.33. The summed E-state index contributed by atoms with van der Waals surface area (Å²) in [4.78, 5) is 20.5. The van der Waals surface area contributed by atoms with Crippen LogP contribution >= 0.6 is 11.6 Å². The summed E-state index contributed by atoms with van der Waals surface area (Å²) in [7, 11) is 0. The fourth-order valence-corrected chi connectivity index (χ4v) is 3.31. The fourth-order valence-electron chi connectivity index (χ4n) is 3.11. The van der Waals surface area contributed by atoms with E-state index < -0.39 is 0 Å². The number of nitrogens with zero attached hydrogens (tertiary/aromatic N) is 5. The van der Waals surface area contributed by atoms with Gasteiger partial charge in [-0.15, -0.1) is 10.2 Å². The molecule has 0 N–H and O–H groups in total. The first kappa shape index (κ1) is 17.4. The molecule has 0 radical (unpaired) electrons. The number of amides is 1. The van der Waals surface area contributed by atoms with E-state index in [1.54, 1.807) is 23.2 Å². The topological polar surface area (TPSA) is 62.2 Å². The molecule has 2 aromatic heterocycles. The van der Waals surface area contributed by atoms with Crippen molar-refractivity contribution in [2.24, 2.45) is 0 Å². The third-order valence-electron chi connectivity index (χ3n) is 4.60. The molecule has 1 fully saturated rings. The van der Waals surface area contributed by atoms with Gasteiger partial charge in [0.1, 0.15) is 5.15 Å². The Kier molecular flexibility index (Phi) is 4.98. The minimum absolute atomic E-state index is 0.0849. The Morgan fingerprint density at radius 3 is 2.33 bits per heavy atom. The molecule has 1 aliphatic rings. The monoisotopic (exact) mass is 379 g/mol. The highest BCUT2D eigenvalue weighted by atomic mass is 35.5. The molecule has 136 valence electrons. The first-order valence-electron chi connectivity index (χ1n) is 8.76. The number of carbonyl (C=O) groups is 1. The molecule has 1 aromatic carbocycles. The normalized spacial score (nSPS) is 14.3. The first-order chi connectivity index (χ1) is 13.2. The highest BCUT2D eigenvalue weighted by molar-refractivity contribution is 6.32. The van der Waals surface area contributed by atoms with Gasteiger partial charge in [0, 0.05) is 37.9 Å². The molecule has 0 aliphatic carbocycles. The van der Waals surface area contributed by atoms with Crippen molar-refractivity contribution in [2.45, 2.75) is 0 Å². The summed E-state index contributed by atoms with van der Waals surface area (Å²) in [5.74, 6) is 0.736. The van der Waals surface area contributed by atoms with Crippen LogP contribution in [0.1, 0.15) is 10.4 Å². The Bertz CT molecular complexity index is 925. The largest absolute Gasteiger partial charge is 0.352 e. The Hall–Kier alpha value is -2.99. The molecule has 7 heteroatoms. The Morgan fingerprint density at radius 2 is 1.67 bits per heavy atom. The van der Waals surface area contributed by atoms with Crippen LogP contribution in [0.3, 0.4) is 0 Å². The van der Waals surface area contributed by atoms with Gasteiger partial charge in [-0.05, 0) is 24.3 Å². The van der Waals surface area contributed by atoms with E-state index >= 15 is 0 Å². The number of aromatic nitrogens is 3. The summed E-state index contributed by atoms with van der Waals surface area (Å²) in [5, 5.41) is 8.94. The van der Waals surface area contributed by atoms with E-state index in [1.807, 2.05) is 42.5 Å². The van der Waals surface area contributed by atoms with E-state index in [9.17, 15) is 4.79 Å². The van der Waals surface area contributed by atoms with Gasteiger partial charge in [0.05, 0.1) is 11.3 Å². The van der Waals surface area contributed by atoms with Crippen LogP contribution in [0.15, 0.2) is 60.8 Å². The molecular formula is C20H18ClN5O. The third kappa shape index (κ3) is 3.75. The maximum atomic E-state index is 12.6. The Labute approximate surface area is 162 Å². The number of pyridine rings is 1. The average Bonchev–Trinajstić information content (AvgIpc) is 2.74. The van der Waals surface area contributed by atoms with Gasteiger partial charge in [-0.2, -0.15) is 0 Å². The van der Waals surface area contributed by atoms with Crippen LogP contribution in [0.2, 0.25) is 5.15 Å². The molecule has 0 atom stereocenters. The van der Waals surface area contributed by atoms with Crippen molar-refractivity contribution in [3.8, 4) is 11.3 Å². The zero-order chi connectivity index (χ0) is 18.6. The zero-order valence-corrected chi connectivity index (χ0v) is 15.4. The number of rotatable bonds is 3. The van der Waals surface area contributed by atoms with Crippen LogP contribution in [-0.2, 0) is 0 Å². The van der Waals surface area contributed by atoms with Crippen molar-refractivity contribution in [3.63, 3.8) is 0 Å². The summed E-state index contributed by atoms with van der Waals surface area (Å²) in [6, 6.07) is 17.3. The number of hydrogen-bond acceptors (Lipinski definition) is 5. The molecule has 27 heavy (non-hydrogen) atoms. The number of hydrogen-bond donors (Lipinski definition) is 0. The van der Waals surface area contributed by atoms with Crippen LogP contribution < -0.4 is 4.90 Å². The summed E-state index contributed by atoms with van der Waals surface area (Å²) in [6.45, 7) is 2.60. The van der Waals surface area contributed by atoms with Gasteiger partial charge in [-0.3, -0.25) is 4.79 Å². The van der Waals surface area contributed by atoms with Gasteiger partial charge in [-0.1, -0.05) is 41.9 Å². The van der Waals surface area contributed by atoms with Gasteiger partial charge in [0.25, 0.3) is 5.91 Å². The lowest BCUT2D eigenvalue weighted by Gasteiger charge is -2.35. The maximum absolute atomic E-state index is 12.6. The van der Waals surface area contributed by atoms with Gasteiger partial charge < -0.3 is 9.80 Å². The second kappa shape index (κ2) is 7.72. The second-order valence-corrected chi connectivity index (χ2v) is 6.62. The predicted molar refractivity (Wildman–Crippen MR) is 105 cm³/mol. The lowest BCUT2D eigenvalue weighted by atomic mass is 10.1. The first-order valence-corrected chi connectivity index (χ1v) is 9.14. The zero-order valence-electron chi connectivity index (χ0n) is 14.6. The molecule has 3 aromatic rings. The minimum atomic E-state index is -0.0849. The third-order valence-corrected chi connectivity index (χ3v) is 4.90. The molecule has 0 bridgehead atoms. The van der Waals surface area contributed by atoms with Crippen LogP contribution in [0, 0.1) is 0 Å². The molecular weight excluding hydrogens is 362 g/mol. The van der Waals surface area contributed by atoms with Gasteiger partial charge >= 0.3 is 0 Å². The van der Waals surface area contributed by atoms with Crippen LogP contribution in [-0.4, -0.2) is 52.2 Å². The molecule has 1 aliphatic heterocycles. The van der Waals surface area contributed by atoms with Crippen LogP contribution in [0.5, 0.6) is 0 Å². The fraction of sp³-hybridized carbons (Fsp3) is 0.200. The van der Waals surface area contributed by atoms with E-state index in [2.05, 4.69) is 20.1 Å². The van der Waals surface area contributed by atoms with Crippen molar-refractivity contribution in [1.82, 2.24) is 20.1 Å². The van der Waals surface area contributed by atoms with Crippen LogP contribution in [0.4, 0.5) is 5.82 Å². The standard InChI is InChI=1S/C20H18ClN5O/c21-19-16(7-4-10-22-19)20(27)26-13-11-25(12-14-26)18-9-8-17(23-24-18)15-5-2-1-3-6-15/h1-10H,11-14H2. The molecule has 0 saturated carbocycles. The van der Waals surface area contributed by atoms with E-state index in [0.29, 0.717) is 31.7 Å². The molecule has 1 saturated heterocycles. The van der Waals surface area contributed by atoms with E-state index in [0.717, 1.165) is 17.1 Å². The summed E-state index contributed by atoms with van der Waals surface area (Å²) < 4.78 is 0. The number of anilines is 1. The second-order valence-electron chi connectivity index (χ2n) is 6.26. The van der Waals surface area contributed by atoms with Crippen molar-refractivity contribution in [1.29, 1.82) is 0 Å². The smallest absolute Gasteiger partial charge is 0.257 e. The van der Waals surface area contributed by atoms with Crippen molar-refractivity contribution in [3.05, 3.63) is 71.5 Å². The predicted octanol–water partition coefficient (Wildman–Crippen LogP) is 3.15. The van der Waals surface area contributed by atoms with Crippen molar-refractivity contribution in [2.75, 3.05) is 31.1 Å². The number of benzene rings is 1. The molecule has 1 amide bonds. The highest BCUT2D eigenvalue weighted by Crippen LogP contribution is 2.20. The molecule has 3 heterocycles. The quantitative estimate of drug-likeness (QED) is 0.654. The van der Waals surface area contributed by atoms with Crippen LogP contribution in [0.25, 0.3) is 11.3 Å². The molecule has 0 unspecified atom stereocenters. The summed E-state index contributed by atoms with van der Waals surface area (Å²) >= 11 is 6.04.